The number of rotatable bonds is 7. The smallest absolute Gasteiger partial charge is 0.258 e. The van der Waals surface area contributed by atoms with Crippen molar-refractivity contribution in [1.29, 1.82) is 0 Å². The highest BCUT2D eigenvalue weighted by atomic mass is 35.5. The molecule has 0 unspecified atom stereocenters. The van der Waals surface area contributed by atoms with E-state index in [9.17, 15) is 9.59 Å². The highest BCUT2D eigenvalue weighted by Crippen LogP contribution is 2.25. The molecule has 7 heteroatoms. The van der Waals surface area contributed by atoms with Crippen LogP contribution in [0.4, 0.5) is 0 Å². The van der Waals surface area contributed by atoms with Crippen molar-refractivity contribution in [2.24, 2.45) is 0 Å². The number of hydrogen-bond acceptors (Lipinski definition) is 4. The van der Waals surface area contributed by atoms with Crippen LogP contribution in [0.1, 0.15) is 41.3 Å². The number of benzene rings is 2. The number of nitrogens with one attached hydrogen (secondary N) is 1. The number of hydrogen-bond donors (Lipinski definition) is 1. The molecular weight excluding hydrogens is 416 g/mol. The Morgan fingerprint density at radius 3 is 2.23 bits per heavy atom. The molecule has 1 aliphatic rings. The van der Waals surface area contributed by atoms with E-state index in [0.717, 1.165) is 16.9 Å². The molecule has 0 aliphatic carbocycles. The Morgan fingerprint density at radius 1 is 1.03 bits per heavy atom. The first-order valence-electron chi connectivity index (χ1n) is 10.6. The predicted octanol–water partition coefficient (Wildman–Crippen LogP) is 4.16. The Kier molecular flexibility index (Phi) is 7.80. The van der Waals surface area contributed by atoms with Crippen molar-refractivity contribution in [1.82, 2.24) is 10.2 Å². The molecule has 2 amide bonds. The quantitative estimate of drug-likeness (QED) is 0.696. The molecule has 1 fully saturated rings. The van der Waals surface area contributed by atoms with Gasteiger partial charge in [0.2, 0.25) is 0 Å². The monoisotopic (exact) mass is 444 g/mol. The van der Waals surface area contributed by atoms with Crippen molar-refractivity contribution < 1.29 is 19.1 Å². The fourth-order valence-corrected chi connectivity index (χ4v) is 3.79. The Bertz CT molecular complexity index is 899. The van der Waals surface area contributed by atoms with Gasteiger partial charge in [0.05, 0.1) is 6.61 Å². The molecule has 2 aromatic carbocycles. The van der Waals surface area contributed by atoms with Crippen molar-refractivity contribution in [2.75, 3.05) is 26.3 Å². The average Bonchev–Trinajstić information content (AvgIpc) is 2.77. The summed E-state index contributed by atoms with van der Waals surface area (Å²) in [5.74, 6) is 1.23. The molecular formula is C24H29ClN2O4. The van der Waals surface area contributed by atoms with Crippen LogP contribution in [0.25, 0.3) is 0 Å². The fourth-order valence-electron chi connectivity index (χ4n) is 3.68. The molecule has 1 aliphatic heterocycles. The van der Waals surface area contributed by atoms with Gasteiger partial charge in [0.1, 0.15) is 11.5 Å². The van der Waals surface area contributed by atoms with E-state index in [2.05, 4.69) is 5.32 Å². The summed E-state index contributed by atoms with van der Waals surface area (Å²) in [7, 11) is 0. The van der Waals surface area contributed by atoms with Gasteiger partial charge in [-0.1, -0.05) is 11.6 Å². The van der Waals surface area contributed by atoms with E-state index in [4.69, 9.17) is 21.1 Å². The summed E-state index contributed by atoms with van der Waals surface area (Å²) in [6.07, 6.45) is 1.43. The fraction of sp³-hybridized carbons (Fsp3) is 0.417. The zero-order valence-electron chi connectivity index (χ0n) is 18.2. The summed E-state index contributed by atoms with van der Waals surface area (Å²) in [5.41, 5.74) is 2.48. The number of aryl methyl sites for hydroxylation is 2. The standard InChI is InChI=1S/C24H29ClN2O4/c1-4-30-20-7-5-18(6-8-20)24(29)27-11-9-19(10-12-27)26-22(28)15-31-21-13-16(2)23(25)17(3)14-21/h5-8,13-14,19H,4,9-12,15H2,1-3H3,(H,26,28). The summed E-state index contributed by atoms with van der Waals surface area (Å²) in [6, 6.07) is 10.9. The minimum absolute atomic E-state index is 0.00429. The maximum absolute atomic E-state index is 12.7. The Labute approximate surface area is 188 Å². The molecule has 3 rings (SSSR count). The third-order valence-electron chi connectivity index (χ3n) is 5.34. The summed E-state index contributed by atoms with van der Waals surface area (Å²) in [6.45, 7) is 7.49. The normalized spacial score (nSPS) is 14.3. The maximum atomic E-state index is 12.7. The number of carbonyl (C=O) groups excluding carboxylic acids is 2. The zero-order chi connectivity index (χ0) is 22.4. The molecule has 0 radical (unpaired) electrons. The lowest BCUT2D eigenvalue weighted by molar-refractivity contribution is -0.124. The molecule has 1 saturated heterocycles. The van der Waals surface area contributed by atoms with Crippen molar-refractivity contribution in [2.45, 2.75) is 39.7 Å². The van der Waals surface area contributed by atoms with Crippen LogP contribution >= 0.6 is 11.6 Å². The highest BCUT2D eigenvalue weighted by molar-refractivity contribution is 6.32. The number of amides is 2. The van der Waals surface area contributed by atoms with Crippen LogP contribution in [0.5, 0.6) is 11.5 Å². The minimum atomic E-state index is -0.165. The SMILES string of the molecule is CCOc1ccc(C(=O)N2CCC(NC(=O)COc3cc(C)c(Cl)c(C)c3)CC2)cc1. The van der Waals surface area contributed by atoms with Gasteiger partial charge in [-0.3, -0.25) is 9.59 Å². The van der Waals surface area contributed by atoms with Gasteiger partial charge < -0.3 is 19.7 Å². The first-order chi connectivity index (χ1) is 14.9. The lowest BCUT2D eigenvalue weighted by atomic mass is 10.0. The van der Waals surface area contributed by atoms with Gasteiger partial charge in [0.15, 0.2) is 6.61 Å². The van der Waals surface area contributed by atoms with Crippen LogP contribution < -0.4 is 14.8 Å². The lowest BCUT2D eigenvalue weighted by Gasteiger charge is -2.32. The van der Waals surface area contributed by atoms with E-state index in [-0.39, 0.29) is 24.5 Å². The second-order valence-corrected chi connectivity index (χ2v) is 8.13. The van der Waals surface area contributed by atoms with E-state index in [0.29, 0.717) is 48.9 Å². The molecule has 6 nitrogen and oxygen atoms in total. The third-order valence-corrected chi connectivity index (χ3v) is 5.94. The van der Waals surface area contributed by atoms with Gasteiger partial charge in [-0.2, -0.15) is 0 Å². The van der Waals surface area contributed by atoms with E-state index in [1.807, 2.05) is 49.9 Å². The second kappa shape index (κ2) is 10.5. The molecule has 31 heavy (non-hydrogen) atoms. The van der Waals surface area contributed by atoms with Gasteiger partial charge in [-0.25, -0.2) is 0 Å². The van der Waals surface area contributed by atoms with Gasteiger partial charge in [0.25, 0.3) is 11.8 Å². The van der Waals surface area contributed by atoms with Crippen LogP contribution in [0.3, 0.4) is 0 Å². The molecule has 166 valence electrons. The van der Waals surface area contributed by atoms with Crippen molar-refractivity contribution >= 4 is 23.4 Å². The Morgan fingerprint density at radius 2 is 1.65 bits per heavy atom. The second-order valence-electron chi connectivity index (χ2n) is 7.75. The van der Waals surface area contributed by atoms with E-state index in [1.165, 1.54) is 0 Å². The molecule has 0 saturated carbocycles. The van der Waals surface area contributed by atoms with Crippen LogP contribution in [0.15, 0.2) is 36.4 Å². The van der Waals surface area contributed by atoms with Gasteiger partial charge in [0, 0.05) is 29.7 Å². The first kappa shape index (κ1) is 22.9. The molecule has 1 heterocycles. The summed E-state index contributed by atoms with van der Waals surface area (Å²) in [4.78, 5) is 26.8. The summed E-state index contributed by atoms with van der Waals surface area (Å²) >= 11 is 6.17. The maximum Gasteiger partial charge on any atom is 0.258 e. The number of piperidine rings is 1. The van der Waals surface area contributed by atoms with E-state index in [1.54, 1.807) is 12.1 Å². The number of nitrogens with zero attached hydrogens (tertiary/aromatic N) is 1. The van der Waals surface area contributed by atoms with Crippen molar-refractivity contribution in [3.05, 3.63) is 58.1 Å². The Balaban J connectivity index is 1.44. The summed E-state index contributed by atoms with van der Waals surface area (Å²) in [5, 5.41) is 3.72. The van der Waals surface area contributed by atoms with Crippen LogP contribution in [0, 0.1) is 13.8 Å². The van der Waals surface area contributed by atoms with Crippen molar-refractivity contribution in [3.63, 3.8) is 0 Å². The number of halogens is 1. The van der Waals surface area contributed by atoms with Crippen LogP contribution in [-0.4, -0.2) is 49.1 Å². The number of carbonyl (C=O) groups is 2. The van der Waals surface area contributed by atoms with Gasteiger partial charge in [-0.05, 0) is 81.1 Å². The molecule has 0 bridgehead atoms. The minimum Gasteiger partial charge on any atom is -0.494 e. The zero-order valence-corrected chi connectivity index (χ0v) is 19.0. The first-order valence-corrected chi connectivity index (χ1v) is 11.0. The summed E-state index contributed by atoms with van der Waals surface area (Å²) < 4.78 is 11.0. The number of ether oxygens (including phenoxy) is 2. The molecule has 0 aromatic heterocycles. The number of likely N-dealkylation sites (tertiary alicyclic amines) is 1. The van der Waals surface area contributed by atoms with Crippen LogP contribution in [0.2, 0.25) is 5.02 Å². The van der Waals surface area contributed by atoms with Gasteiger partial charge in [-0.15, -0.1) is 0 Å². The van der Waals surface area contributed by atoms with Gasteiger partial charge >= 0.3 is 0 Å². The van der Waals surface area contributed by atoms with E-state index < -0.39 is 0 Å². The molecule has 0 atom stereocenters. The molecule has 1 N–H and O–H groups in total. The Hall–Kier alpha value is -2.73. The highest BCUT2D eigenvalue weighted by Gasteiger charge is 2.24. The van der Waals surface area contributed by atoms with Crippen LogP contribution in [-0.2, 0) is 4.79 Å². The average molecular weight is 445 g/mol. The molecule has 2 aromatic rings. The third kappa shape index (κ3) is 6.14. The lowest BCUT2D eigenvalue weighted by Crippen LogP contribution is -2.47. The van der Waals surface area contributed by atoms with Crippen molar-refractivity contribution in [3.8, 4) is 11.5 Å². The predicted molar refractivity (Wildman–Crippen MR) is 121 cm³/mol. The largest absolute Gasteiger partial charge is 0.494 e. The molecule has 0 spiro atoms. The van der Waals surface area contributed by atoms with E-state index >= 15 is 0 Å². The topological polar surface area (TPSA) is 67.9 Å².